The molecule has 4 heteroatoms. The van der Waals surface area contributed by atoms with Gasteiger partial charge < -0.3 is 9.84 Å². The van der Waals surface area contributed by atoms with Crippen LogP contribution in [0.25, 0.3) is 6.08 Å². The van der Waals surface area contributed by atoms with Gasteiger partial charge in [-0.05, 0) is 31.7 Å². The number of hydrogen-bond donors (Lipinski definition) is 1. The number of allylic oxidation sites excluding steroid dienone is 2. The number of aliphatic carboxylic acids is 1. The predicted octanol–water partition coefficient (Wildman–Crippen LogP) is 6.05. The quantitative estimate of drug-likeness (QED) is 0.302. The summed E-state index contributed by atoms with van der Waals surface area (Å²) in [7, 11) is 0. The number of carboxylic acids is 1. The number of carbonyl (C=O) groups is 2. The number of ether oxygens (including phenoxy) is 1. The Hall–Kier alpha value is -2.62. The summed E-state index contributed by atoms with van der Waals surface area (Å²) in [6, 6.07) is 9.73. The number of carboxylic acid groups (broad SMARTS) is 1. The lowest BCUT2D eigenvalue weighted by Crippen LogP contribution is -2.14. The lowest BCUT2D eigenvalue weighted by atomic mass is 10.0. The van der Waals surface area contributed by atoms with Gasteiger partial charge in [0.05, 0.1) is 6.61 Å². The first-order valence-corrected chi connectivity index (χ1v) is 9.77. The minimum atomic E-state index is -0.886. The number of benzene rings is 1. The van der Waals surface area contributed by atoms with Gasteiger partial charge in [-0.3, -0.25) is 0 Å². The maximum atomic E-state index is 11.1. The molecule has 0 saturated carbocycles. The van der Waals surface area contributed by atoms with Crippen molar-refractivity contribution in [3.05, 3.63) is 65.8 Å². The molecule has 0 aromatic heterocycles. The van der Waals surface area contributed by atoms with Gasteiger partial charge in [0, 0.05) is 11.1 Å². The molecule has 1 unspecified atom stereocenters. The molecule has 0 aliphatic heterocycles. The molecule has 0 fully saturated rings. The van der Waals surface area contributed by atoms with Crippen LogP contribution < -0.4 is 0 Å². The SMILES string of the molecule is C=C(C)C(=O)OCC(CC)CCCC.CC(=CC=Cc1ccccc1)C(=O)O. The monoisotopic (exact) mass is 386 g/mol. The van der Waals surface area contributed by atoms with Gasteiger partial charge in [-0.1, -0.05) is 88.2 Å². The Labute approximate surface area is 169 Å². The minimum Gasteiger partial charge on any atom is -0.478 e. The van der Waals surface area contributed by atoms with Crippen molar-refractivity contribution in [1.82, 2.24) is 0 Å². The maximum absolute atomic E-state index is 11.1. The Morgan fingerprint density at radius 1 is 1.18 bits per heavy atom. The van der Waals surface area contributed by atoms with Gasteiger partial charge in [0.15, 0.2) is 0 Å². The summed E-state index contributed by atoms with van der Waals surface area (Å²) in [6.45, 7) is 11.6. The lowest BCUT2D eigenvalue weighted by molar-refractivity contribution is -0.140. The Kier molecular flexibility index (Phi) is 14.0. The van der Waals surface area contributed by atoms with Gasteiger partial charge in [0.25, 0.3) is 0 Å². The second-order valence-corrected chi connectivity index (χ2v) is 6.72. The predicted molar refractivity (Wildman–Crippen MR) is 116 cm³/mol. The molecule has 0 spiro atoms. The van der Waals surface area contributed by atoms with E-state index in [0.29, 0.717) is 23.7 Å². The molecule has 0 heterocycles. The van der Waals surface area contributed by atoms with Crippen molar-refractivity contribution in [2.75, 3.05) is 6.61 Å². The molecule has 1 atom stereocenters. The Balaban J connectivity index is 0.000000521. The molecule has 1 aromatic rings. The summed E-state index contributed by atoms with van der Waals surface area (Å²) in [5, 5.41) is 8.58. The van der Waals surface area contributed by atoms with E-state index in [1.165, 1.54) is 12.8 Å². The van der Waals surface area contributed by atoms with Crippen molar-refractivity contribution >= 4 is 18.0 Å². The smallest absolute Gasteiger partial charge is 0.333 e. The van der Waals surface area contributed by atoms with E-state index in [9.17, 15) is 9.59 Å². The first-order valence-electron chi connectivity index (χ1n) is 9.77. The third-order valence-corrected chi connectivity index (χ3v) is 4.11. The molecule has 1 N–H and O–H groups in total. The van der Waals surface area contributed by atoms with Crippen LogP contribution in [0.2, 0.25) is 0 Å². The Morgan fingerprint density at radius 2 is 1.82 bits per heavy atom. The van der Waals surface area contributed by atoms with Crippen LogP contribution in [0.3, 0.4) is 0 Å². The summed E-state index contributed by atoms with van der Waals surface area (Å²) in [5.41, 5.74) is 1.87. The first kappa shape index (κ1) is 25.4. The van der Waals surface area contributed by atoms with E-state index >= 15 is 0 Å². The van der Waals surface area contributed by atoms with E-state index in [4.69, 9.17) is 9.84 Å². The van der Waals surface area contributed by atoms with Crippen molar-refractivity contribution < 1.29 is 19.4 Å². The lowest BCUT2D eigenvalue weighted by Gasteiger charge is -2.14. The fraction of sp³-hybridized carbons (Fsp3) is 0.417. The third-order valence-electron chi connectivity index (χ3n) is 4.11. The third kappa shape index (κ3) is 12.7. The highest BCUT2D eigenvalue weighted by atomic mass is 16.5. The van der Waals surface area contributed by atoms with Gasteiger partial charge in [0.1, 0.15) is 0 Å². The van der Waals surface area contributed by atoms with E-state index < -0.39 is 5.97 Å². The summed E-state index contributed by atoms with van der Waals surface area (Å²) in [6.07, 6.45) is 9.81. The van der Waals surface area contributed by atoms with Crippen molar-refractivity contribution in [3.8, 4) is 0 Å². The molecule has 0 aliphatic rings. The van der Waals surface area contributed by atoms with Gasteiger partial charge in [-0.2, -0.15) is 0 Å². The topological polar surface area (TPSA) is 63.6 Å². The number of carbonyl (C=O) groups excluding carboxylic acids is 1. The largest absolute Gasteiger partial charge is 0.478 e. The van der Waals surface area contributed by atoms with Crippen molar-refractivity contribution in [2.45, 2.75) is 53.4 Å². The maximum Gasteiger partial charge on any atom is 0.333 e. The number of rotatable bonds is 10. The van der Waals surface area contributed by atoms with Crippen LogP contribution in [-0.4, -0.2) is 23.7 Å². The summed E-state index contributed by atoms with van der Waals surface area (Å²) in [4.78, 5) is 21.6. The molecule has 4 nitrogen and oxygen atoms in total. The summed E-state index contributed by atoms with van der Waals surface area (Å²) < 4.78 is 5.12. The van der Waals surface area contributed by atoms with Crippen LogP contribution in [0.1, 0.15) is 58.9 Å². The standard InChI is InChI=1S/C12H12O2.C12H22O2/c1-10(12(13)14)6-5-9-11-7-3-2-4-8-11;1-5-7-8-11(6-2)9-14-12(13)10(3)4/h2-9H,1H3,(H,13,14);11H,3,5-9H2,1-2,4H3. The average molecular weight is 387 g/mol. The van der Waals surface area contributed by atoms with Gasteiger partial charge in [-0.15, -0.1) is 0 Å². The summed E-state index contributed by atoms with van der Waals surface area (Å²) >= 11 is 0. The van der Waals surface area contributed by atoms with Crippen LogP contribution in [0.5, 0.6) is 0 Å². The molecule has 28 heavy (non-hydrogen) atoms. The zero-order chi connectivity index (χ0) is 21.4. The van der Waals surface area contributed by atoms with Gasteiger partial charge in [-0.25, -0.2) is 9.59 Å². The zero-order valence-electron chi connectivity index (χ0n) is 17.6. The minimum absolute atomic E-state index is 0.264. The van der Waals surface area contributed by atoms with Crippen LogP contribution in [0.4, 0.5) is 0 Å². The van der Waals surface area contributed by atoms with E-state index in [-0.39, 0.29) is 5.97 Å². The van der Waals surface area contributed by atoms with Crippen LogP contribution in [-0.2, 0) is 14.3 Å². The molecule has 0 radical (unpaired) electrons. The van der Waals surface area contributed by atoms with E-state index in [0.717, 1.165) is 18.4 Å². The number of unbranched alkanes of at least 4 members (excludes halogenated alkanes) is 1. The molecule has 0 bridgehead atoms. The molecule has 154 valence electrons. The number of esters is 1. The van der Waals surface area contributed by atoms with Crippen molar-refractivity contribution in [1.29, 1.82) is 0 Å². The highest BCUT2D eigenvalue weighted by Crippen LogP contribution is 2.13. The summed E-state index contributed by atoms with van der Waals surface area (Å²) in [5.74, 6) is -0.638. The van der Waals surface area contributed by atoms with Gasteiger partial charge >= 0.3 is 11.9 Å². The van der Waals surface area contributed by atoms with Crippen LogP contribution in [0.15, 0.2) is 60.2 Å². The molecule has 1 aromatic carbocycles. The zero-order valence-corrected chi connectivity index (χ0v) is 17.6. The van der Waals surface area contributed by atoms with E-state index in [2.05, 4.69) is 20.4 Å². The Bertz CT molecular complexity index is 656. The molecule has 0 saturated heterocycles. The molecule has 0 amide bonds. The van der Waals surface area contributed by atoms with Crippen LogP contribution in [0, 0.1) is 5.92 Å². The molecular weight excluding hydrogens is 352 g/mol. The first-order chi connectivity index (χ1) is 13.3. The molecular formula is C24H34O4. The van der Waals surface area contributed by atoms with Crippen molar-refractivity contribution in [2.24, 2.45) is 5.92 Å². The van der Waals surface area contributed by atoms with Gasteiger partial charge in [0.2, 0.25) is 0 Å². The molecule has 1 rings (SSSR count). The van der Waals surface area contributed by atoms with Crippen molar-refractivity contribution in [3.63, 3.8) is 0 Å². The van der Waals surface area contributed by atoms with E-state index in [1.54, 1.807) is 26.0 Å². The highest BCUT2D eigenvalue weighted by molar-refractivity contribution is 5.87. The molecule has 0 aliphatic carbocycles. The average Bonchev–Trinajstić information content (AvgIpc) is 2.69. The highest BCUT2D eigenvalue weighted by Gasteiger charge is 2.09. The second kappa shape index (κ2) is 15.4. The second-order valence-electron chi connectivity index (χ2n) is 6.72. The Morgan fingerprint density at radius 3 is 2.32 bits per heavy atom. The van der Waals surface area contributed by atoms with E-state index in [1.807, 2.05) is 36.4 Å². The normalized spacial score (nSPS) is 12.1. The fourth-order valence-electron chi connectivity index (χ4n) is 2.15. The fourth-order valence-corrected chi connectivity index (χ4v) is 2.15. The van der Waals surface area contributed by atoms with Crippen LogP contribution >= 0.6 is 0 Å². The number of hydrogen-bond acceptors (Lipinski definition) is 3.